The first kappa shape index (κ1) is 17.8. The molecule has 0 unspecified atom stereocenters. The van der Waals surface area contributed by atoms with Gasteiger partial charge < -0.3 is 14.7 Å². The average molecular weight is 387 g/mol. The number of likely N-dealkylation sites (N-methyl/N-ethyl adjacent to an activating group) is 1. The second-order valence-corrected chi connectivity index (χ2v) is 7.74. The van der Waals surface area contributed by atoms with Crippen LogP contribution in [0.4, 0.5) is 11.1 Å². The molecular weight excluding hydrogens is 366 g/mol. The molecule has 1 N–H and O–H groups in total. The van der Waals surface area contributed by atoms with Crippen molar-refractivity contribution < 1.29 is 9.59 Å². The summed E-state index contributed by atoms with van der Waals surface area (Å²) in [5.41, 5.74) is 1.03. The van der Waals surface area contributed by atoms with Gasteiger partial charge in [-0.2, -0.15) is 0 Å². The predicted octanol–water partition coefficient (Wildman–Crippen LogP) is 0.208. The zero-order valence-electron chi connectivity index (χ0n) is 15.1. The lowest BCUT2D eigenvalue weighted by Crippen LogP contribution is -2.52. The topological polar surface area (TPSA) is 94.6 Å². The number of piperazine rings is 1. The van der Waals surface area contributed by atoms with Crippen molar-refractivity contribution in [3.8, 4) is 0 Å². The first-order chi connectivity index (χ1) is 13.1. The Labute approximate surface area is 161 Å². The van der Waals surface area contributed by atoms with Crippen LogP contribution in [0.25, 0.3) is 0 Å². The second kappa shape index (κ2) is 7.57. The molecule has 4 rings (SSSR count). The summed E-state index contributed by atoms with van der Waals surface area (Å²) in [5.74, 6) is -0.500. The lowest BCUT2D eigenvalue weighted by Gasteiger charge is -2.34. The molecule has 0 aliphatic carbocycles. The predicted molar refractivity (Wildman–Crippen MR) is 102 cm³/mol. The number of rotatable bonds is 2. The fraction of sp³-hybridized carbons (Fsp3) is 0.471. The molecule has 1 fully saturated rings. The van der Waals surface area contributed by atoms with E-state index >= 15 is 0 Å². The normalized spacial score (nSPS) is 17.5. The number of carbonyl (C=O) groups is 2. The first-order valence-corrected chi connectivity index (χ1v) is 9.71. The quantitative estimate of drug-likeness (QED) is 0.736. The Balaban J connectivity index is 1.33. The van der Waals surface area contributed by atoms with Crippen molar-refractivity contribution in [2.75, 3.05) is 50.0 Å². The highest BCUT2D eigenvalue weighted by atomic mass is 32.1. The van der Waals surface area contributed by atoms with Crippen molar-refractivity contribution in [3.05, 3.63) is 29.0 Å². The maximum absolute atomic E-state index is 12.5. The molecule has 0 saturated carbocycles. The van der Waals surface area contributed by atoms with E-state index in [-0.39, 0.29) is 0 Å². The Hall–Kier alpha value is -2.59. The van der Waals surface area contributed by atoms with Crippen molar-refractivity contribution in [2.45, 2.75) is 13.0 Å². The van der Waals surface area contributed by atoms with Crippen LogP contribution in [0.2, 0.25) is 0 Å². The van der Waals surface area contributed by atoms with Crippen LogP contribution in [0.3, 0.4) is 0 Å². The molecule has 10 heteroatoms. The molecule has 0 bridgehead atoms. The first-order valence-electron chi connectivity index (χ1n) is 8.89. The number of amides is 2. The average Bonchev–Trinajstić information content (AvgIpc) is 3.09. The monoisotopic (exact) mass is 387 g/mol. The third-order valence-corrected chi connectivity index (χ3v) is 5.74. The van der Waals surface area contributed by atoms with Crippen molar-refractivity contribution in [1.29, 1.82) is 0 Å². The minimum absolute atomic E-state index is 0.462. The summed E-state index contributed by atoms with van der Waals surface area (Å²) < 4.78 is 0. The van der Waals surface area contributed by atoms with Crippen LogP contribution < -0.4 is 10.2 Å². The molecule has 2 aromatic heterocycles. The van der Waals surface area contributed by atoms with E-state index in [0.29, 0.717) is 37.3 Å². The van der Waals surface area contributed by atoms with E-state index in [4.69, 9.17) is 0 Å². The number of thiazole rings is 1. The lowest BCUT2D eigenvalue weighted by molar-refractivity contribution is -0.143. The van der Waals surface area contributed by atoms with Crippen LogP contribution in [-0.4, -0.2) is 76.3 Å². The molecule has 0 atom stereocenters. The minimum atomic E-state index is -0.626. The number of nitrogens with one attached hydrogen (secondary N) is 1. The zero-order chi connectivity index (χ0) is 18.8. The van der Waals surface area contributed by atoms with E-state index in [1.807, 2.05) is 4.90 Å². The van der Waals surface area contributed by atoms with Crippen molar-refractivity contribution in [1.82, 2.24) is 24.8 Å². The zero-order valence-corrected chi connectivity index (χ0v) is 15.9. The molecule has 0 spiro atoms. The van der Waals surface area contributed by atoms with Gasteiger partial charge >= 0.3 is 11.8 Å². The van der Waals surface area contributed by atoms with Crippen LogP contribution in [0.15, 0.2) is 18.5 Å². The summed E-state index contributed by atoms with van der Waals surface area (Å²) in [6.07, 6.45) is 4.26. The fourth-order valence-corrected chi connectivity index (χ4v) is 4.32. The van der Waals surface area contributed by atoms with Crippen LogP contribution in [0, 0.1) is 0 Å². The molecule has 142 valence electrons. The Morgan fingerprint density at radius 2 is 1.85 bits per heavy atom. The Morgan fingerprint density at radius 3 is 2.59 bits per heavy atom. The van der Waals surface area contributed by atoms with E-state index in [9.17, 15) is 9.59 Å². The summed E-state index contributed by atoms with van der Waals surface area (Å²) >= 11 is 1.45. The largest absolute Gasteiger partial charge is 0.337 e. The molecule has 2 aliphatic rings. The van der Waals surface area contributed by atoms with Gasteiger partial charge in [-0.05, 0) is 13.1 Å². The van der Waals surface area contributed by atoms with Gasteiger partial charge in [0.2, 0.25) is 5.95 Å². The number of hydrogen-bond acceptors (Lipinski definition) is 8. The Kier molecular flexibility index (Phi) is 4.99. The minimum Gasteiger partial charge on any atom is -0.337 e. The Morgan fingerprint density at radius 1 is 1.11 bits per heavy atom. The number of nitrogens with zero attached hydrogens (tertiary/aromatic N) is 6. The molecule has 27 heavy (non-hydrogen) atoms. The summed E-state index contributed by atoms with van der Waals surface area (Å²) in [6.45, 7) is 3.91. The maximum atomic E-state index is 12.5. The van der Waals surface area contributed by atoms with Crippen LogP contribution in [0.5, 0.6) is 0 Å². The maximum Gasteiger partial charge on any atom is 0.315 e. The Bertz CT molecular complexity index is 833. The van der Waals surface area contributed by atoms with Gasteiger partial charge in [0.25, 0.3) is 0 Å². The van der Waals surface area contributed by atoms with Gasteiger partial charge in [-0.3, -0.25) is 14.9 Å². The van der Waals surface area contributed by atoms with Crippen molar-refractivity contribution >= 4 is 34.2 Å². The molecule has 0 radical (unpaired) electrons. The summed E-state index contributed by atoms with van der Waals surface area (Å²) in [5, 5.41) is 3.18. The highest BCUT2D eigenvalue weighted by Crippen LogP contribution is 2.27. The van der Waals surface area contributed by atoms with Gasteiger partial charge in [0.1, 0.15) is 0 Å². The van der Waals surface area contributed by atoms with Crippen molar-refractivity contribution in [2.24, 2.45) is 0 Å². The van der Waals surface area contributed by atoms with Crippen LogP contribution in [-0.2, 0) is 22.6 Å². The molecule has 2 amide bonds. The molecule has 2 aliphatic heterocycles. The van der Waals surface area contributed by atoms with Gasteiger partial charge in [0, 0.05) is 63.0 Å². The van der Waals surface area contributed by atoms with E-state index in [0.717, 1.165) is 30.1 Å². The highest BCUT2D eigenvalue weighted by molar-refractivity contribution is 7.16. The summed E-state index contributed by atoms with van der Waals surface area (Å²) in [6, 6.07) is 1.77. The SMILES string of the molecule is CN1CCc2nc(NC(=O)C(=O)N3CCN(c4ncccn4)CC3)sc2C1. The van der Waals surface area contributed by atoms with Gasteiger partial charge in [0.15, 0.2) is 5.13 Å². The second-order valence-electron chi connectivity index (χ2n) is 6.66. The molecular formula is C17H21N7O2S. The van der Waals surface area contributed by atoms with E-state index < -0.39 is 11.8 Å². The smallest absolute Gasteiger partial charge is 0.315 e. The molecule has 4 heterocycles. The van der Waals surface area contributed by atoms with E-state index in [1.165, 1.54) is 11.3 Å². The van der Waals surface area contributed by atoms with Gasteiger partial charge in [0.05, 0.1) is 5.69 Å². The van der Waals surface area contributed by atoms with Gasteiger partial charge in [-0.25, -0.2) is 15.0 Å². The number of aromatic nitrogens is 3. The van der Waals surface area contributed by atoms with Crippen LogP contribution in [0.1, 0.15) is 10.6 Å². The lowest BCUT2D eigenvalue weighted by atomic mass is 10.2. The van der Waals surface area contributed by atoms with Crippen molar-refractivity contribution in [3.63, 3.8) is 0 Å². The van der Waals surface area contributed by atoms with Gasteiger partial charge in [-0.15, -0.1) is 11.3 Å². The van der Waals surface area contributed by atoms with Gasteiger partial charge in [-0.1, -0.05) is 0 Å². The van der Waals surface area contributed by atoms with Crippen LogP contribution >= 0.6 is 11.3 Å². The third kappa shape index (κ3) is 3.91. The molecule has 0 aromatic carbocycles. The standard InChI is InChI=1S/C17H21N7O2S/c1-22-6-3-12-13(11-22)27-17(20-12)21-14(25)15(26)23-7-9-24(10-8-23)16-18-4-2-5-19-16/h2,4-5H,3,6-11H2,1H3,(H,20,21,25). The molecule has 2 aromatic rings. The number of hydrogen-bond donors (Lipinski definition) is 1. The summed E-state index contributed by atoms with van der Waals surface area (Å²) in [4.78, 5) is 44.7. The summed E-state index contributed by atoms with van der Waals surface area (Å²) in [7, 11) is 2.06. The number of fused-ring (bicyclic) bond motifs is 1. The third-order valence-electron chi connectivity index (χ3n) is 4.74. The highest BCUT2D eigenvalue weighted by Gasteiger charge is 2.28. The molecule has 1 saturated heterocycles. The van der Waals surface area contributed by atoms with E-state index in [2.05, 4.69) is 32.2 Å². The van der Waals surface area contributed by atoms with E-state index in [1.54, 1.807) is 23.4 Å². The fourth-order valence-electron chi connectivity index (χ4n) is 3.23. The molecule has 9 nitrogen and oxygen atoms in total. The number of carbonyl (C=O) groups excluding carboxylic acids is 2. The number of anilines is 2.